The fraction of sp³-hybridized carbons (Fsp3) is 0.529. The minimum atomic E-state index is -1.85. The molecule has 2 aromatic rings. The molecule has 1 saturated heterocycles. The van der Waals surface area contributed by atoms with E-state index < -0.39 is 29.6 Å². The Morgan fingerprint density at radius 3 is 2.96 bits per heavy atom. The minimum absolute atomic E-state index is 0.138. The molecule has 1 aliphatic rings. The molecule has 1 aromatic heterocycles. The Bertz CT molecular complexity index is 692. The first kappa shape index (κ1) is 17.9. The molecule has 0 spiro atoms. The molecule has 2 unspecified atom stereocenters. The lowest BCUT2D eigenvalue weighted by atomic mass is 9.88. The third-order valence-corrected chi connectivity index (χ3v) is 4.43. The van der Waals surface area contributed by atoms with Crippen LogP contribution in [0.3, 0.4) is 0 Å². The van der Waals surface area contributed by atoms with Crippen molar-refractivity contribution in [2.45, 2.75) is 50.7 Å². The summed E-state index contributed by atoms with van der Waals surface area (Å²) in [5.41, 5.74) is -2.04. The Balaban J connectivity index is 1.91. The summed E-state index contributed by atoms with van der Waals surface area (Å²) in [6.45, 7) is 2.05. The highest BCUT2D eigenvalue weighted by molar-refractivity contribution is 5.26. The van der Waals surface area contributed by atoms with Gasteiger partial charge in [0, 0.05) is 12.2 Å². The van der Waals surface area contributed by atoms with Crippen molar-refractivity contribution in [3.05, 3.63) is 48.1 Å². The molecule has 136 valence electrons. The topological polar surface area (TPSA) is 69.4 Å². The van der Waals surface area contributed by atoms with E-state index in [2.05, 4.69) is 10.1 Å². The van der Waals surface area contributed by atoms with Gasteiger partial charge in [0.05, 0.1) is 12.6 Å². The van der Waals surface area contributed by atoms with Crippen molar-refractivity contribution in [2.75, 3.05) is 6.61 Å². The summed E-state index contributed by atoms with van der Waals surface area (Å²) < 4.78 is 40.8. The Hall–Kier alpha value is -1.90. The summed E-state index contributed by atoms with van der Waals surface area (Å²) in [6, 6.07) is 2.97. The summed E-state index contributed by atoms with van der Waals surface area (Å²) in [5, 5.41) is 15.2. The second kappa shape index (κ2) is 7.55. The molecule has 2 heterocycles. The average Bonchev–Trinajstić information content (AvgIpc) is 3.10. The fourth-order valence-electron chi connectivity index (χ4n) is 2.98. The largest absolute Gasteiger partial charge is 0.380 e. The lowest BCUT2D eigenvalue weighted by Crippen LogP contribution is -2.46. The molecule has 3 atom stereocenters. The highest BCUT2D eigenvalue weighted by atomic mass is 19.1. The highest BCUT2D eigenvalue weighted by Gasteiger charge is 2.41. The Labute approximate surface area is 144 Å². The van der Waals surface area contributed by atoms with Crippen LogP contribution in [0.4, 0.5) is 8.78 Å². The first-order valence-electron chi connectivity index (χ1n) is 8.26. The number of ether oxygens (including phenoxy) is 2. The van der Waals surface area contributed by atoms with Crippen LogP contribution in [-0.4, -0.2) is 38.9 Å². The van der Waals surface area contributed by atoms with E-state index in [9.17, 15) is 13.9 Å². The Morgan fingerprint density at radius 2 is 2.28 bits per heavy atom. The molecule has 0 radical (unpaired) electrons. The molecule has 6 nitrogen and oxygen atoms in total. The molecule has 0 amide bonds. The van der Waals surface area contributed by atoms with Gasteiger partial charge in [-0.15, -0.1) is 0 Å². The van der Waals surface area contributed by atoms with Gasteiger partial charge in [0.25, 0.3) is 0 Å². The van der Waals surface area contributed by atoms with Gasteiger partial charge in [-0.1, -0.05) is 0 Å². The van der Waals surface area contributed by atoms with Gasteiger partial charge in [-0.3, -0.25) is 0 Å². The predicted octanol–water partition coefficient (Wildman–Crippen LogP) is 2.38. The van der Waals surface area contributed by atoms with Gasteiger partial charge in [0.15, 0.2) is 6.29 Å². The standard InChI is InChI=1S/C17H21F2N3O3/c1-12(25-16-4-2-3-7-24-16)17(23,9-22-11-20-10-21-22)14-8-13(18)5-6-15(14)19/h5-6,8,10-12,16,23H,2-4,7,9H2,1H3/t12?,16-,17?/m1/s1. The average molecular weight is 353 g/mol. The molecule has 25 heavy (non-hydrogen) atoms. The number of hydrogen-bond donors (Lipinski definition) is 1. The number of aliphatic hydroxyl groups is 1. The number of rotatable bonds is 6. The van der Waals surface area contributed by atoms with E-state index in [1.807, 2.05) is 0 Å². The molecule has 8 heteroatoms. The normalized spacial score (nSPS) is 21.7. The molecular formula is C17H21F2N3O3. The van der Waals surface area contributed by atoms with Gasteiger partial charge in [-0.25, -0.2) is 18.4 Å². The quantitative estimate of drug-likeness (QED) is 0.863. The van der Waals surface area contributed by atoms with Crippen LogP contribution in [0.2, 0.25) is 0 Å². The van der Waals surface area contributed by atoms with E-state index in [4.69, 9.17) is 9.47 Å². The van der Waals surface area contributed by atoms with E-state index in [0.29, 0.717) is 13.0 Å². The molecule has 1 fully saturated rings. The van der Waals surface area contributed by atoms with Crippen molar-refractivity contribution in [1.82, 2.24) is 14.8 Å². The van der Waals surface area contributed by atoms with Crippen molar-refractivity contribution in [1.29, 1.82) is 0 Å². The second-order valence-corrected chi connectivity index (χ2v) is 6.22. The van der Waals surface area contributed by atoms with Crippen LogP contribution in [0.15, 0.2) is 30.9 Å². The van der Waals surface area contributed by atoms with E-state index in [1.165, 1.54) is 17.3 Å². The summed E-state index contributed by atoms with van der Waals surface area (Å²) in [5.74, 6) is -1.36. The van der Waals surface area contributed by atoms with E-state index in [-0.39, 0.29) is 12.1 Å². The first-order chi connectivity index (χ1) is 12.0. The third-order valence-electron chi connectivity index (χ3n) is 4.43. The van der Waals surface area contributed by atoms with Crippen molar-refractivity contribution in [2.24, 2.45) is 0 Å². The Morgan fingerprint density at radius 1 is 1.44 bits per heavy atom. The first-order valence-corrected chi connectivity index (χ1v) is 8.26. The summed E-state index contributed by atoms with van der Waals surface area (Å²) in [6.07, 6.45) is 3.95. The molecule has 0 saturated carbocycles. The zero-order valence-electron chi connectivity index (χ0n) is 13.9. The van der Waals surface area contributed by atoms with Gasteiger partial charge >= 0.3 is 0 Å². The van der Waals surface area contributed by atoms with Crippen LogP contribution >= 0.6 is 0 Å². The van der Waals surface area contributed by atoms with Crippen LogP contribution in [0.5, 0.6) is 0 Å². The zero-order chi connectivity index (χ0) is 17.9. The lowest BCUT2D eigenvalue weighted by Gasteiger charge is -2.37. The monoisotopic (exact) mass is 353 g/mol. The van der Waals surface area contributed by atoms with Gasteiger partial charge in [0.1, 0.15) is 29.9 Å². The van der Waals surface area contributed by atoms with Crippen molar-refractivity contribution in [3.63, 3.8) is 0 Å². The maximum atomic E-state index is 14.4. The van der Waals surface area contributed by atoms with Crippen LogP contribution in [0.1, 0.15) is 31.7 Å². The third kappa shape index (κ3) is 4.02. The maximum Gasteiger partial charge on any atom is 0.158 e. The van der Waals surface area contributed by atoms with Gasteiger partial charge in [-0.05, 0) is 44.4 Å². The van der Waals surface area contributed by atoms with Gasteiger partial charge in [0.2, 0.25) is 0 Å². The molecule has 0 bridgehead atoms. The van der Waals surface area contributed by atoms with Gasteiger partial charge < -0.3 is 14.6 Å². The lowest BCUT2D eigenvalue weighted by molar-refractivity contribution is -0.229. The molecule has 1 aromatic carbocycles. The summed E-state index contributed by atoms with van der Waals surface area (Å²) in [4.78, 5) is 3.82. The highest BCUT2D eigenvalue weighted by Crippen LogP contribution is 2.33. The van der Waals surface area contributed by atoms with Crippen LogP contribution in [-0.2, 0) is 21.6 Å². The number of benzene rings is 1. The van der Waals surface area contributed by atoms with Crippen LogP contribution < -0.4 is 0 Å². The number of nitrogens with zero attached hydrogens (tertiary/aromatic N) is 3. The molecular weight excluding hydrogens is 332 g/mol. The smallest absolute Gasteiger partial charge is 0.158 e. The summed E-state index contributed by atoms with van der Waals surface area (Å²) in [7, 11) is 0. The SMILES string of the molecule is CC(O[C@@H]1CCCCO1)C(O)(Cn1cncn1)c1cc(F)ccc1F. The van der Waals surface area contributed by atoms with E-state index >= 15 is 0 Å². The number of halogens is 2. The molecule has 3 rings (SSSR count). The minimum Gasteiger partial charge on any atom is -0.380 e. The van der Waals surface area contributed by atoms with Crippen molar-refractivity contribution >= 4 is 0 Å². The zero-order valence-corrected chi connectivity index (χ0v) is 13.9. The van der Waals surface area contributed by atoms with Crippen LogP contribution in [0, 0.1) is 11.6 Å². The van der Waals surface area contributed by atoms with E-state index in [0.717, 1.165) is 31.0 Å². The van der Waals surface area contributed by atoms with E-state index in [1.54, 1.807) is 6.92 Å². The van der Waals surface area contributed by atoms with Crippen molar-refractivity contribution in [3.8, 4) is 0 Å². The van der Waals surface area contributed by atoms with Gasteiger partial charge in [-0.2, -0.15) is 5.10 Å². The fourth-order valence-corrected chi connectivity index (χ4v) is 2.98. The maximum absolute atomic E-state index is 14.4. The van der Waals surface area contributed by atoms with Crippen molar-refractivity contribution < 1.29 is 23.4 Å². The molecule has 1 N–H and O–H groups in total. The van der Waals surface area contributed by atoms with Crippen LogP contribution in [0.25, 0.3) is 0 Å². The number of hydrogen-bond acceptors (Lipinski definition) is 5. The predicted molar refractivity (Wildman–Crippen MR) is 84.4 cm³/mol. The Kier molecular flexibility index (Phi) is 5.41. The summed E-state index contributed by atoms with van der Waals surface area (Å²) >= 11 is 0. The molecule has 0 aliphatic carbocycles. The molecule has 1 aliphatic heterocycles. The second-order valence-electron chi connectivity index (χ2n) is 6.22. The number of aromatic nitrogens is 3.